The number of amides is 2. The molecule has 1 aromatic carbocycles. The molecule has 2 unspecified atom stereocenters. The van der Waals surface area contributed by atoms with Crippen LogP contribution in [0.3, 0.4) is 0 Å². The summed E-state index contributed by atoms with van der Waals surface area (Å²) in [6.45, 7) is 7.37. The third-order valence-corrected chi connectivity index (χ3v) is 5.11. The standard InChI is InChI=1S/C22H35N3O4/c1-5-28-19-12-11-17(13-20(19)29-6-2)23-21(26)14-25(4)15-22(27)24-18-10-8-7-9-16(18)3/h11-13,16,18H,5-10,14-15H2,1-4H3,(H,23,26)(H,24,27). The normalized spacial score (nSPS) is 18.9. The van der Waals surface area contributed by atoms with Crippen LogP contribution in [0.5, 0.6) is 11.5 Å². The Morgan fingerprint density at radius 3 is 2.38 bits per heavy atom. The largest absolute Gasteiger partial charge is 0.490 e. The Bertz CT molecular complexity index is 680. The van der Waals surface area contributed by atoms with E-state index in [1.165, 1.54) is 12.8 Å². The molecule has 7 heteroatoms. The van der Waals surface area contributed by atoms with E-state index in [0.717, 1.165) is 12.8 Å². The van der Waals surface area contributed by atoms with Gasteiger partial charge in [0, 0.05) is 17.8 Å². The highest BCUT2D eigenvalue weighted by Gasteiger charge is 2.23. The summed E-state index contributed by atoms with van der Waals surface area (Å²) in [6.07, 6.45) is 4.61. The van der Waals surface area contributed by atoms with Crippen molar-refractivity contribution in [3.05, 3.63) is 18.2 Å². The summed E-state index contributed by atoms with van der Waals surface area (Å²) in [4.78, 5) is 26.4. The van der Waals surface area contributed by atoms with Crippen LogP contribution in [-0.2, 0) is 9.59 Å². The molecule has 7 nitrogen and oxygen atoms in total. The van der Waals surface area contributed by atoms with Crippen LogP contribution in [0.25, 0.3) is 0 Å². The Labute approximate surface area is 174 Å². The van der Waals surface area contributed by atoms with Gasteiger partial charge in [0.05, 0.1) is 26.3 Å². The molecule has 2 rings (SSSR count). The van der Waals surface area contributed by atoms with Gasteiger partial charge < -0.3 is 20.1 Å². The maximum atomic E-state index is 12.4. The molecule has 0 saturated heterocycles. The Morgan fingerprint density at radius 2 is 1.69 bits per heavy atom. The highest BCUT2D eigenvalue weighted by atomic mass is 16.5. The van der Waals surface area contributed by atoms with Crippen LogP contribution in [-0.4, -0.2) is 56.1 Å². The molecule has 2 atom stereocenters. The van der Waals surface area contributed by atoms with Gasteiger partial charge in [-0.25, -0.2) is 0 Å². The summed E-state index contributed by atoms with van der Waals surface area (Å²) in [5.74, 6) is 1.55. The van der Waals surface area contributed by atoms with Crippen molar-refractivity contribution in [1.29, 1.82) is 0 Å². The van der Waals surface area contributed by atoms with Crippen LogP contribution in [0.4, 0.5) is 5.69 Å². The van der Waals surface area contributed by atoms with Crippen LogP contribution in [0.15, 0.2) is 18.2 Å². The lowest BCUT2D eigenvalue weighted by Crippen LogP contribution is -2.46. The number of nitrogens with one attached hydrogen (secondary N) is 2. The second-order valence-electron chi connectivity index (χ2n) is 7.68. The highest BCUT2D eigenvalue weighted by Crippen LogP contribution is 2.30. The van der Waals surface area contributed by atoms with Crippen molar-refractivity contribution >= 4 is 17.5 Å². The van der Waals surface area contributed by atoms with Crippen LogP contribution in [0.1, 0.15) is 46.5 Å². The van der Waals surface area contributed by atoms with Gasteiger partial charge >= 0.3 is 0 Å². The molecule has 0 radical (unpaired) electrons. The first-order valence-corrected chi connectivity index (χ1v) is 10.6. The predicted molar refractivity (Wildman–Crippen MR) is 114 cm³/mol. The minimum absolute atomic E-state index is 0.0289. The van der Waals surface area contributed by atoms with E-state index in [4.69, 9.17) is 9.47 Å². The lowest BCUT2D eigenvalue weighted by molar-refractivity contribution is -0.124. The number of anilines is 1. The molecule has 1 saturated carbocycles. The summed E-state index contributed by atoms with van der Waals surface area (Å²) >= 11 is 0. The number of benzene rings is 1. The number of hydrogen-bond acceptors (Lipinski definition) is 5. The van der Waals surface area contributed by atoms with E-state index >= 15 is 0 Å². The summed E-state index contributed by atoms with van der Waals surface area (Å²) in [5, 5.41) is 5.97. The molecule has 162 valence electrons. The van der Waals surface area contributed by atoms with Crippen molar-refractivity contribution in [1.82, 2.24) is 10.2 Å². The van der Waals surface area contributed by atoms with E-state index in [2.05, 4.69) is 17.6 Å². The van der Waals surface area contributed by atoms with Crippen LogP contribution < -0.4 is 20.1 Å². The first kappa shape index (κ1) is 23.0. The Balaban J connectivity index is 1.83. The van der Waals surface area contributed by atoms with Gasteiger partial charge in [-0.05, 0) is 51.8 Å². The molecule has 2 N–H and O–H groups in total. The van der Waals surface area contributed by atoms with E-state index < -0.39 is 0 Å². The summed E-state index contributed by atoms with van der Waals surface area (Å²) < 4.78 is 11.1. The fourth-order valence-corrected chi connectivity index (χ4v) is 3.66. The van der Waals surface area contributed by atoms with Gasteiger partial charge in [0.1, 0.15) is 0 Å². The van der Waals surface area contributed by atoms with E-state index in [9.17, 15) is 9.59 Å². The van der Waals surface area contributed by atoms with E-state index in [1.54, 1.807) is 30.1 Å². The number of carbonyl (C=O) groups is 2. The fraction of sp³-hybridized carbons (Fsp3) is 0.636. The smallest absolute Gasteiger partial charge is 0.238 e. The summed E-state index contributed by atoms with van der Waals surface area (Å²) in [7, 11) is 1.77. The zero-order valence-electron chi connectivity index (χ0n) is 18.1. The number of rotatable bonds is 10. The van der Waals surface area contributed by atoms with Gasteiger partial charge in [0.25, 0.3) is 0 Å². The second kappa shape index (κ2) is 11.7. The first-order valence-electron chi connectivity index (χ1n) is 10.6. The van der Waals surface area contributed by atoms with Crippen molar-refractivity contribution < 1.29 is 19.1 Å². The van der Waals surface area contributed by atoms with E-state index in [-0.39, 0.29) is 30.9 Å². The summed E-state index contributed by atoms with van der Waals surface area (Å²) in [6, 6.07) is 5.57. The van der Waals surface area contributed by atoms with Gasteiger partial charge in [-0.2, -0.15) is 0 Å². The Morgan fingerprint density at radius 1 is 1.03 bits per heavy atom. The van der Waals surface area contributed by atoms with Crippen molar-refractivity contribution in [2.75, 3.05) is 38.7 Å². The monoisotopic (exact) mass is 405 g/mol. The molecule has 0 aromatic heterocycles. The third-order valence-electron chi connectivity index (χ3n) is 5.11. The molecule has 0 bridgehead atoms. The highest BCUT2D eigenvalue weighted by molar-refractivity contribution is 5.93. The lowest BCUT2D eigenvalue weighted by atomic mass is 9.86. The number of nitrogens with zero attached hydrogens (tertiary/aromatic N) is 1. The molecule has 1 aliphatic carbocycles. The first-order chi connectivity index (χ1) is 13.9. The molecule has 0 aliphatic heterocycles. The molecular formula is C22H35N3O4. The zero-order chi connectivity index (χ0) is 21.2. The average Bonchev–Trinajstić information content (AvgIpc) is 2.65. The Kier molecular flexibility index (Phi) is 9.25. The minimum Gasteiger partial charge on any atom is -0.490 e. The molecule has 29 heavy (non-hydrogen) atoms. The SMILES string of the molecule is CCOc1ccc(NC(=O)CN(C)CC(=O)NC2CCCCC2C)cc1OCC. The molecule has 1 fully saturated rings. The van der Waals surface area contributed by atoms with Gasteiger partial charge in [-0.1, -0.05) is 19.8 Å². The quantitative estimate of drug-likeness (QED) is 0.625. The summed E-state index contributed by atoms with van der Waals surface area (Å²) in [5.41, 5.74) is 0.635. The van der Waals surface area contributed by atoms with Crippen molar-refractivity contribution in [3.63, 3.8) is 0 Å². The molecule has 1 aromatic rings. The van der Waals surface area contributed by atoms with E-state index in [1.807, 2.05) is 13.8 Å². The average molecular weight is 406 g/mol. The Hall–Kier alpha value is -2.28. The van der Waals surface area contributed by atoms with Crippen LogP contribution in [0.2, 0.25) is 0 Å². The van der Waals surface area contributed by atoms with Crippen LogP contribution in [0, 0.1) is 5.92 Å². The second-order valence-corrected chi connectivity index (χ2v) is 7.68. The van der Waals surface area contributed by atoms with E-state index in [0.29, 0.717) is 36.3 Å². The lowest BCUT2D eigenvalue weighted by Gasteiger charge is -2.30. The number of likely N-dealkylation sites (N-methyl/N-ethyl adjacent to an activating group) is 1. The molecule has 1 aliphatic rings. The van der Waals surface area contributed by atoms with Gasteiger partial charge in [-0.15, -0.1) is 0 Å². The van der Waals surface area contributed by atoms with Gasteiger partial charge in [0.2, 0.25) is 11.8 Å². The third kappa shape index (κ3) is 7.57. The minimum atomic E-state index is -0.182. The predicted octanol–water partition coefficient (Wildman–Crippen LogP) is 3.05. The van der Waals surface area contributed by atoms with Crippen molar-refractivity contribution in [3.8, 4) is 11.5 Å². The molecular weight excluding hydrogens is 370 g/mol. The molecule has 2 amide bonds. The number of ether oxygens (including phenoxy) is 2. The molecule has 0 heterocycles. The van der Waals surface area contributed by atoms with Gasteiger partial charge in [0.15, 0.2) is 11.5 Å². The fourth-order valence-electron chi connectivity index (χ4n) is 3.66. The van der Waals surface area contributed by atoms with Crippen molar-refractivity contribution in [2.45, 2.75) is 52.5 Å². The topological polar surface area (TPSA) is 79.9 Å². The maximum absolute atomic E-state index is 12.4. The van der Waals surface area contributed by atoms with Crippen LogP contribution >= 0.6 is 0 Å². The number of carbonyl (C=O) groups excluding carboxylic acids is 2. The number of hydrogen-bond donors (Lipinski definition) is 2. The van der Waals surface area contributed by atoms with Crippen molar-refractivity contribution in [2.24, 2.45) is 5.92 Å². The maximum Gasteiger partial charge on any atom is 0.238 e. The zero-order valence-corrected chi connectivity index (χ0v) is 18.1. The molecule has 0 spiro atoms. The van der Waals surface area contributed by atoms with Gasteiger partial charge in [-0.3, -0.25) is 14.5 Å².